The van der Waals surface area contributed by atoms with Gasteiger partial charge in [0.2, 0.25) is 0 Å². The summed E-state index contributed by atoms with van der Waals surface area (Å²) in [5.74, 6) is 1.12. The lowest BCUT2D eigenvalue weighted by atomic mass is 10.1. The molecule has 4 nitrogen and oxygen atoms in total. The number of aromatic nitrogens is 2. The first-order valence-corrected chi connectivity index (χ1v) is 5.09. The third-order valence-corrected chi connectivity index (χ3v) is 2.42. The zero-order chi connectivity index (χ0) is 11.5. The molecule has 1 aromatic heterocycles. The molecule has 0 amide bonds. The van der Waals surface area contributed by atoms with Crippen molar-refractivity contribution in [2.75, 3.05) is 11.1 Å². The number of hydrogen-bond donors (Lipinski definition) is 2. The zero-order valence-electron chi connectivity index (χ0n) is 9.36. The highest BCUT2D eigenvalue weighted by Crippen LogP contribution is 2.22. The van der Waals surface area contributed by atoms with E-state index < -0.39 is 0 Å². The number of rotatable bonds is 2. The van der Waals surface area contributed by atoms with Crippen molar-refractivity contribution in [1.29, 1.82) is 0 Å². The van der Waals surface area contributed by atoms with Gasteiger partial charge >= 0.3 is 0 Å². The average molecular weight is 214 g/mol. The molecule has 0 radical (unpaired) electrons. The topological polar surface area (TPSA) is 63.8 Å². The molecule has 2 aromatic rings. The van der Waals surface area contributed by atoms with E-state index >= 15 is 0 Å². The molecule has 1 heterocycles. The van der Waals surface area contributed by atoms with Gasteiger partial charge in [0.15, 0.2) is 5.82 Å². The minimum atomic E-state index is 0.423. The summed E-state index contributed by atoms with van der Waals surface area (Å²) in [5, 5.41) is 11.0. The second-order valence-corrected chi connectivity index (χ2v) is 3.74. The quantitative estimate of drug-likeness (QED) is 0.805. The lowest BCUT2D eigenvalue weighted by Crippen LogP contribution is -2.00. The van der Waals surface area contributed by atoms with Crippen LogP contribution in [0.25, 0.3) is 0 Å². The van der Waals surface area contributed by atoms with Crippen LogP contribution in [0.4, 0.5) is 17.3 Å². The summed E-state index contributed by atoms with van der Waals surface area (Å²) in [4.78, 5) is 0. The molecular weight excluding hydrogens is 200 g/mol. The Morgan fingerprint density at radius 2 is 1.69 bits per heavy atom. The number of nitrogen functional groups attached to an aromatic ring is 1. The van der Waals surface area contributed by atoms with Crippen molar-refractivity contribution in [3.05, 3.63) is 41.5 Å². The van der Waals surface area contributed by atoms with Gasteiger partial charge in [-0.2, -0.15) is 0 Å². The highest BCUT2D eigenvalue weighted by atomic mass is 15.2. The van der Waals surface area contributed by atoms with Crippen molar-refractivity contribution in [3.63, 3.8) is 0 Å². The Hall–Kier alpha value is -2.10. The Bertz CT molecular complexity index is 471. The first kappa shape index (κ1) is 10.4. The lowest BCUT2D eigenvalue weighted by Gasteiger charge is -2.11. The maximum absolute atomic E-state index is 5.48. The van der Waals surface area contributed by atoms with Crippen LogP contribution in [0.3, 0.4) is 0 Å². The van der Waals surface area contributed by atoms with Crippen LogP contribution in [-0.4, -0.2) is 10.2 Å². The van der Waals surface area contributed by atoms with E-state index in [0.717, 1.165) is 5.69 Å². The van der Waals surface area contributed by atoms with E-state index in [9.17, 15) is 0 Å². The largest absolute Gasteiger partial charge is 0.382 e. The fourth-order valence-electron chi connectivity index (χ4n) is 1.55. The Balaban J connectivity index is 2.30. The molecule has 1 aromatic carbocycles. The van der Waals surface area contributed by atoms with Crippen LogP contribution in [-0.2, 0) is 0 Å². The molecule has 0 saturated carbocycles. The number of nitrogens with zero attached hydrogens (tertiary/aromatic N) is 2. The Kier molecular flexibility index (Phi) is 2.72. The van der Waals surface area contributed by atoms with Crippen molar-refractivity contribution in [3.8, 4) is 0 Å². The van der Waals surface area contributed by atoms with Crippen LogP contribution >= 0.6 is 0 Å². The predicted octanol–water partition coefficient (Wildman–Crippen LogP) is 2.42. The smallest absolute Gasteiger partial charge is 0.153 e. The van der Waals surface area contributed by atoms with E-state index in [1.807, 2.05) is 12.1 Å². The highest BCUT2D eigenvalue weighted by Gasteiger charge is 2.03. The standard InChI is InChI=1S/C12H14N4/c1-8-4-3-5-9(2)12(8)14-11-7-6-10(13)15-16-11/h3-7H,1-2H3,(H2,13,15)(H,14,16). The summed E-state index contributed by atoms with van der Waals surface area (Å²) in [6.45, 7) is 4.11. The van der Waals surface area contributed by atoms with E-state index in [4.69, 9.17) is 5.73 Å². The Morgan fingerprint density at radius 3 is 2.25 bits per heavy atom. The first-order chi connectivity index (χ1) is 7.66. The van der Waals surface area contributed by atoms with Crippen LogP contribution in [0, 0.1) is 13.8 Å². The van der Waals surface area contributed by atoms with Crippen molar-refractivity contribution >= 4 is 17.3 Å². The normalized spacial score (nSPS) is 10.1. The van der Waals surface area contributed by atoms with Crippen molar-refractivity contribution in [2.45, 2.75) is 13.8 Å². The minimum Gasteiger partial charge on any atom is -0.382 e. The van der Waals surface area contributed by atoms with Crippen LogP contribution in [0.5, 0.6) is 0 Å². The number of hydrogen-bond acceptors (Lipinski definition) is 4. The molecule has 0 aliphatic heterocycles. The molecule has 0 fully saturated rings. The molecule has 82 valence electrons. The van der Waals surface area contributed by atoms with Gasteiger partial charge in [0.25, 0.3) is 0 Å². The van der Waals surface area contributed by atoms with Gasteiger partial charge in [-0.1, -0.05) is 18.2 Å². The highest BCUT2D eigenvalue weighted by molar-refractivity contribution is 5.64. The number of para-hydroxylation sites is 1. The molecule has 0 aliphatic rings. The first-order valence-electron chi connectivity index (χ1n) is 5.09. The number of aryl methyl sites for hydroxylation is 2. The lowest BCUT2D eigenvalue weighted by molar-refractivity contribution is 1.04. The number of anilines is 3. The van der Waals surface area contributed by atoms with Gasteiger partial charge in [-0.3, -0.25) is 0 Å². The number of nitrogens with two attached hydrogens (primary N) is 1. The van der Waals surface area contributed by atoms with Gasteiger partial charge in [-0.25, -0.2) is 0 Å². The molecule has 0 aliphatic carbocycles. The summed E-state index contributed by atoms with van der Waals surface area (Å²) < 4.78 is 0. The van der Waals surface area contributed by atoms with Gasteiger partial charge in [0.05, 0.1) is 0 Å². The van der Waals surface area contributed by atoms with E-state index in [0.29, 0.717) is 11.6 Å². The molecular formula is C12H14N4. The van der Waals surface area contributed by atoms with E-state index in [1.54, 1.807) is 6.07 Å². The van der Waals surface area contributed by atoms with Crippen molar-refractivity contribution < 1.29 is 0 Å². The fraction of sp³-hybridized carbons (Fsp3) is 0.167. The maximum atomic E-state index is 5.48. The molecule has 0 atom stereocenters. The van der Waals surface area contributed by atoms with Crippen LogP contribution in [0.1, 0.15) is 11.1 Å². The van der Waals surface area contributed by atoms with Gasteiger partial charge < -0.3 is 11.1 Å². The molecule has 0 saturated heterocycles. The van der Waals surface area contributed by atoms with Gasteiger partial charge in [-0.15, -0.1) is 10.2 Å². The summed E-state index contributed by atoms with van der Waals surface area (Å²) in [6, 6.07) is 9.68. The number of benzene rings is 1. The molecule has 0 bridgehead atoms. The fourth-order valence-corrected chi connectivity index (χ4v) is 1.55. The average Bonchev–Trinajstić information content (AvgIpc) is 2.26. The summed E-state index contributed by atoms with van der Waals surface area (Å²) >= 11 is 0. The summed E-state index contributed by atoms with van der Waals surface area (Å²) in [6.07, 6.45) is 0. The molecule has 3 N–H and O–H groups in total. The zero-order valence-corrected chi connectivity index (χ0v) is 9.36. The molecule has 2 rings (SSSR count). The van der Waals surface area contributed by atoms with E-state index in [-0.39, 0.29) is 0 Å². The third-order valence-electron chi connectivity index (χ3n) is 2.42. The van der Waals surface area contributed by atoms with Crippen LogP contribution < -0.4 is 11.1 Å². The maximum Gasteiger partial charge on any atom is 0.153 e. The van der Waals surface area contributed by atoms with Crippen LogP contribution in [0.2, 0.25) is 0 Å². The summed E-state index contributed by atoms with van der Waals surface area (Å²) in [7, 11) is 0. The van der Waals surface area contributed by atoms with E-state index in [1.165, 1.54) is 11.1 Å². The monoisotopic (exact) mass is 214 g/mol. The molecule has 0 spiro atoms. The molecule has 4 heteroatoms. The minimum absolute atomic E-state index is 0.423. The Morgan fingerprint density at radius 1 is 1.00 bits per heavy atom. The van der Waals surface area contributed by atoms with Gasteiger partial charge in [0, 0.05) is 5.69 Å². The van der Waals surface area contributed by atoms with E-state index in [2.05, 4.69) is 41.5 Å². The van der Waals surface area contributed by atoms with Crippen LogP contribution in [0.15, 0.2) is 30.3 Å². The molecule has 0 unspecified atom stereocenters. The predicted molar refractivity (Wildman–Crippen MR) is 65.6 cm³/mol. The third kappa shape index (κ3) is 2.11. The van der Waals surface area contributed by atoms with Gasteiger partial charge in [-0.05, 0) is 37.1 Å². The van der Waals surface area contributed by atoms with Gasteiger partial charge in [0.1, 0.15) is 5.82 Å². The Labute approximate surface area is 94.5 Å². The second-order valence-electron chi connectivity index (χ2n) is 3.74. The SMILES string of the molecule is Cc1cccc(C)c1Nc1ccc(N)nn1. The second kappa shape index (κ2) is 4.18. The molecule has 16 heavy (non-hydrogen) atoms. The van der Waals surface area contributed by atoms with Crippen molar-refractivity contribution in [2.24, 2.45) is 0 Å². The summed E-state index contributed by atoms with van der Waals surface area (Å²) in [5.41, 5.74) is 8.91. The van der Waals surface area contributed by atoms with Crippen molar-refractivity contribution in [1.82, 2.24) is 10.2 Å². The number of nitrogens with one attached hydrogen (secondary N) is 1.